The van der Waals surface area contributed by atoms with Crippen LogP contribution in [0.3, 0.4) is 0 Å². The zero-order valence-corrected chi connectivity index (χ0v) is 7.87. The summed E-state index contributed by atoms with van der Waals surface area (Å²) in [5.74, 6) is -0.560. The van der Waals surface area contributed by atoms with Crippen molar-refractivity contribution < 1.29 is 4.39 Å². The van der Waals surface area contributed by atoms with E-state index in [0.29, 0.717) is 16.3 Å². The van der Waals surface area contributed by atoms with Crippen molar-refractivity contribution in [2.75, 3.05) is 0 Å². The zero-order chi connectivity index (χ0) is 9.97. The SMILES string of the molecule is Fc1cc(-c2ccccn2)c(Cl)cn1. The first kappa shape index (κ1) is 9.09. The third kappa shape index (κ3) is 1.72. The standard InChI is InChI=1S/C10H6ClFN2/c11-8-6-14-10(12)5-7(8)9-3-1-2-4-13-9/h1-6H. The number of aromatic nitrogens is 2. The first-order chi connectivity index (χ1) is 6.77. The molecule has 4 heteroatoms. The molecule has 0 aliphatic carbocycles. The molecular formula is C10H6ClFN2. The highest BCUT2D eigenvalue weighted by Gasteiger charge is 2.05. The van der Waals surface area contributed by atoms with Gasteiger partial charge in [0.2, 0.25) is 5.95 Å². The van der Waals surface area contributed by atoms with Crippen LogP contribution in [0.2, 0.25) is 5.02 Å². The summed E-state index contributed by atoms with van der Waals surface area (Å²) in [5.41, 5.74) is 1.19. The second-order valence-electron chi connectivity index (χ2n) is 2.70. The molecule has 0 fully saturated rings. The molecule has 2 heterocycles. The monoisotopic (exact) mass is 208 g/mol. The Kier molecular flexibility index (Phi) is 2.41. The first-order valence-electron chi connectivity index (χ1n) is 4.00. The Morgan fingerprint density at radius 3 is 2.79 bits per heavy atom. The number of rotatable bonds is 1. The lowest BCUT2D eigenvalue weighted by molar-refractivity contribution is 0.584. The third-order valence-corrected chi connectivity index (χ3v) is 2.06. The van der Waals surface area contributed by atoms with E-state index in [2.05, 4.69) is 9.97 Å². The van der Waals surface area contributed by atoms with Gasteiger partial charge in [0.1, 0.15) is 0 Å². The van der Waals surface area contributed by atoms with Crippen LogP contribution < -0.4 is 0 Å². The van der Waals surface area contributed by atoms with Crippen molar-refractivity contribution in [1.29, 1.82) is 0 Å². The molecule has 0 aliphatic heterocycles. The predicted octanol–water partition coefficient (Wildman–Crippen LogP) is 2.94. The maximum absolute atomic E-state index is 12.8. The summed E-state index contributed by atoms with van der Waals surface area (Å²) in [6.07, 6.45) is 2.91. The number of halogens is 2. The average molecular weight is 209 g/mol. The Labute approximate surface area is 85.4 Å². The summed E-state index contributed by atoms with van der Waals surface area (Å²) in [6.45, 7) is 0. The fourth-order valence-corrected chi connectivity index (χ4v) is 1.33. The molecule has 0 saturated carbocycles. The van der Waals surface area contributed by atoms with Gasteiger partial charge in [0, 0.05) is 24.0 Å². The Morgan fingerprint density at radius 2 is 2.07 bits per heavy atom. The fraction of sp³-hybridized carbons (Fsp3) is 0. The van der Waals surface area contributed by atoms with Gasteiger partial charge in [-0.05, 0) is 12.1 Å². The normalized spacial score (nSPS) is 10.1. The van der Waals surface area contributed by atoms with Gasteiger partial charge < -0.3 is 0 Å². The quantitative estimate of drug-likeness (QED) is 0.674. The summed E-state index contributed by atoms with van der Waals surface area (Å²) >= 11 is 5.86. The fourth-order valence-electron chi connectivity index (χ4n) is 1.13. The van der Waals surface area contributed by atoms with Crippen molar-refractivity contribution in [3.8, 4) is 11.3 Å². The molecule has 0 bridgehead atoms. The van der Waals surface area contributed by atoms with Crippen molar-refractivity contribution in [3.63, 3.8) is 0 Å². The second kappa shape index (κ2) is 3.72. The summed E-state index contributed by atoms with van der Waals surface area (Å²) < 4.78 is 12.8. The topological polar surface area (TPSA) is 25.8 Å². The van der Waals surface area contributed by atoms with Crippen LogP contribution in [0.15, 0.2) is 36.7 Å². The number of pyridine rings is 2. The third-order valence-electron chi connectivity index (χ3n) is 1.76. The minimum Gasteiger partial charge on any atom is -0.256 e. The molecule has 0 radical (unpaired) electrons. The molecule has 2 nitrogen and oxygen atoms in total. The molecule has 2 aromatic rings. The lowest BCUT2D eigenvalue weighted by atomic mass is 10.2. The maximum Gasteiger partial charge on any atom is 0.213 e. The van der Waals surface area contributed by atoms with Gasteiger partial charge in [0.25, 0.3) is 0 Å². The molecule has 0 atom stereocenters. The molecule has 0 aromatic carbocycles. The Morgan fingerprint density at radius 1 is 1.21 bits per heavy atom. The number of nitrogens with zero attached hydrogens (tertiary/aromatic N) is 2. The van der Waals surface area contributed by atoms with Crippen LogP contribution in [0, 0.1) is 5.95 Å². The minimum absolute atomic E-state index is 0.394. The van der Waals surface area contributed by atoms with Crippen molar-refractivity contribution >= 4 is 11.6 Å². The highest BCUT2D eigenvalue weighted by atomic mass is 35.5. The molecule has 2 aromatic heterocycles. The molecule has 0 N–H and O–H groups in total. The van der Waals surface area contributed by atoms with Gasteiger partial charge in [-0.2, -0.15) is 4.39 Å². The van der Waals surface area contributed by atoms with E-state index in [1.807, 2.05) is 6.07 Å². The van der Waals surface area contributed by atoms with E-state index in [1.54, 1.807) is 18.3 Å². The summed E-state index contributed by atoms with van der Waals surface area (Å²) in [6, 6.07) is 6.64. The van der Waals surface area contributed by atoms with Gasteiger partial charge in [-0.3, -0.25) is 4.98 Å². The van der Waals surface area contributed by atoms with E-state index < -0.39 is 5.95 Å². The first-order valence-corrected chi connectivity index (χ1v) is 4.37. The molecular weight excluding hydrogens is 203 g/mol. The minimum atomic E-state index is -0.560. The molecule has 0 amide bonds. The number of hydrogen-bond acceptors (Lipinski definition) is 2. The Bertz CT molecular complexity index is 445. The van der Waals surface area contributed by atoms with E-state index in [0.717, 1.165) is 0 Å². The highest BCUT2D eigenvalue weighted by molar-refractivity contribution is 6.33. The van der Waals surface area contributed by atoms with Gasteiger partial charge in [0.05, 0.1) is 10.7 Å². The zero-order valence-electron chi connectivity index (χ0n) is 7.11. The van der Waals surface area contributed by atoms with Crippen LogP contribution in [-0.4, -0.2) is 9.97 Å². The van der Waals surface area contributed by atoms with E-state index in [9.17, 15) is 4.39 Å². The van der Waals surface area contributed by atoms with E-state index in [1.165, 1.54) is 12.3 Å². The average Bonchev–Trinajstić information content (AvgIpc) is 2.23. The molecule has 0 aliphatic rings. The van der Waals surface area contributed by atoms with Crippen LogP contribution in [0.1, 0.15) is 0 Å². The molecule has 0 unspecified atom stereocenters. The van der Waals surface area contributed by atoms with Crippen LogP contribution >= 0.6 is 11.6 Å². The van der Waals surface area contributed by atoms with Gasteiger partial charge in [-0.25, -0.2) is 4.98 Å². The van der Waals surface area contributed by atoms with Crippen LogP contribution in [-0.2, 0) is 0 Å². The summed E-state index contributed by atoms with van der Waals surface area (Å²) in [5, 5.41) is 0.394. The van der Waals surface area contributed by atoms with Crippen LogP contribution in [0.25, 0.3) is 11.3 Å². The molecule has 70 valence electrons. The Balaban J connectivity index is 2.57. The second-order valence-corrected chi connectivity index (χ2v) is 3.11. The van der Waals surface area contributed by atoms with Crippen molar-refractivity contribution in [2.45, 2.75) is 0 Å². The molecule has 0 saturated heterocycles. The van der Waals surface area contributed by atoms with Gasteiger partial charge in [-0.1, -0.05) is 17.7 Å². The van der Waals surface area contributed by atoms with E-state index >= 15 is 0 Å². The number of hydrogen-bond donors (Lipinski definition) is 0. The molecule has 14 heavy (non-hydrogen) atoms. The largest absolute Gasteiger partial charge is 0.256 e. The van der Waals surface area contributed by atoms with Crippen molar-refractivity contribution in [1.82, 2.24) is 9.97 Å². The van der Waals surface area contributed by atoms with Crippen molar-refractivity contribution in [3.05, 3.63) is 47.6 Å². The van der Waals surface area contributed by atoms with Crippen LogP contribution in [0.5, 0.6) is 0 Å². The van der Waals surface area contributed by atoms with Crippen molar-refractivity contribution in [2.24, 2.45) is 0 Å². The Hall–Kier alpha value is -1.48. The lowest BCUT2D eigenvalue weighted by Crippen LogP contribution is -1.88. The predicted molar refractivity (Wildman–Crippen MR) is 52.4 cm³/mol. The lowest BCUT2D eigenvalue weighted by Gasteiger charge is -2.01. The highest BCUT2D eigenvalue weighted by Crippen LogP contribution is 2.25. The summed E-state index contributed by atoms with van der Waals surface area (Å²) in [4.78, 5) is 7.51. The van der Waals surface area contributed by atoms with Gasteiger partial charge >= 0.3 is 0 Å². The van der Waals surface area contributed by atoms with E-state index in [-0.39, 0.29) is 0 Å². The van der Waals surface area contributed by atoms with E-state index in [4.69, 9.17) is 11.6 Å². The summed E-state index contributed by atoms with van der Waals surface area (Å²) in [7, 11) is 0. The molecule has 0 spiro atoms. The smallest absolute Gasteiger partial charge is 0.213 e. The maximum atomic E-state index is 12.8. The van der Waals surface area contributed by atoms with Crippen LogP contribution in [0.4, 0.5) is 4.39 Å². The molecule has 2 rings (SSSR count). The van der Waals surface area contributed by atoms with Gasteiger partial charge in [-0.15, -0.1) is 0 Å². The van der Waals surface area contributed by atoms with Gasteiger partial charge in [0.15, 0.2) is 0 Å².